The maximum absolute atomic E-state index is 12.7. The van der Waals surface area contributed by atoms with Gasteiger partial charge in [-0.3, -0.25) is 14.0 Å². The molecule has 3 rings (SSSR count). The molecule has 0 aliphatic carbocycles. The Morgan fingerprint density at radius 3 is 2.83 bits per heavy atom. The van der Waals surface area contributed by atoms with E-state index in [0.29, 0.717) is 24.1 Å². The van der Waals surface area contributed by atoms with Crippen LogP contribution in [0.4, 0.5) is 0 Å². The van der Waals surface area contributed by atoms with Gasteiger partial charge in [0, 0.05) is 32.1 Å². The molecular weight excluding hydrogens is 308 g/mol. The molecule has 0 saturated heterocycles. The second-order valence-corrected chi connectivity index (χ2v) is 5.94. The van der Waals surface area contributed by atoms with Gasteiger partial charge in [0.2, 0.25) is 5.91 Å². The van der Waals surface area contributed by atoms with Crippen molar-refractivity contribution >= 4 is 22.5 Å². The number of aromatic nitrogens is 3. The lowest BCUT2D eigenvalue weighted by Crippen LogP contribution is -2.36. The second-order valence-electron chi connectivity index (χ2n) is 5.94. The van der Waals surface area contributed by atoms with Gasteiger partial charge in [-0.1, -0.05) is 20.3 Å². The third-order valence-corrected chi connectivity index (χ3v) is 4.24. The average Bonchev–Trinajstić information content (AvgIpc) is 3.16. The summed E-state index contributed by atoms with van der Waals surface area (Å²) < 4.78 is 8.46. The fourth-order valence-electron chi connectivity index (χ4n) is 2.83. The SMILES string of the molecule is CCCCN(C)C(=O)Cn1nc(CC)n2c(cc3occc32)c1=O. The molecule has 7 heteroatoms. The molecule has 0 aliphatic heterocycles. The Morgan fingerprint density at radius 2 is 2.12 bits per heavy atom. The lowest BCUT2D eigenvalue weighted by atomic mass is 10.3. The van der Waals surface area contributed by atoms with Crippen molar-refractivity contribution in [1.29, 1.82) is 0 Å². The molecule has 0 aliphatic rings. The van der Waals surface area contributed by atoms with Crippen LogP contribution in [0.5, 0.6) is 0 Å². The van der Waals surface area contributed by atoms with Crippen LogP contribution in [-0.4, -0.2) is 38.6 Å². The van der Waals surface area contributed by atoms with Crippen molar-refractivity contribution in [1.82, 2.24) is 19.1 Å². The number of carbonyl (C=O) groups excluding carboxylic acids is 1. The fourth-order valence-corrected chi connectivity index (χ4v) is 2.83. The largest absolute Gasteiger partial charge is 0.463 e. The van der Waals surface area contributed by atoms with Crippen molar-refractivity contribution in [2.75, 3.05) is 13.6 Å². The van der Waals surface area contributed by atoms with Gasteiger partial charge in [-0.2, -0.15) is 5.10 Å². The first-order valence-corrected chi connectivity index (χ1v) is 8.29. The van der Waals surface area contributed by atoms with E-state index >= 15 is 0 Å². The van der Waals surface area contributed by atoms with Crippen molar-refractivity contribution in [3.63, 3.8) is 0 Å². The molecule has 0 atom stereocenters. The minimum atomic E-state index is -0.282. The first kappa shape index (κ1) is 16.3. The van der Waals surface area contributed by atoms with Crippen molar-refractivity contribution in [3.8, 4) is 0 Å². The number of aryl methyl sites for hydroxylation is 1. The topological polar surface area (TPSA) is 72.8 Å². The average molecular weight is 330 g/mol. The summed E-state index contributed by atoms with van der Waals surface area (Å²) in [6.45, 7) is 4.69. The number of rotatable bonds is 6. The summed E-state index contributed by atoms with van der Waals surface area (Å²) in [6.07, 6.45) is 4.20. The van der Waals surface area contributed by atoms with E-state index in [0.717, 1.165) is 24.2 Å². The normalized spacial score (nSPS) is 11.5. The zero-order valence-electron chi connectivity index (χ0n) is 14.3. The molecule has 0 unspecified atom stereocenters. The highest BCUT2D eigenvalue weighted by molar-refractivity contribution is 5.82. The van der Waals surface area contributed by atoms with E-state index in [-0.39, 0.29) is 18.0 Å². The first-order valence-electron chi connectivity index (χ1n) is 8.29. The molecule has 0 radical (unpaired) electrons. The predicted octanol–water partition coefficient (Wildman–Crippen LogP) is 2.06. The van der Waals surface area contributed by atoms with Crippen LogP contribution in [0, 0.1) is 0 Å². The first-order chi connectivity index (χ1) is 11.6. The molecule has 3 aromatic heterocycles. The number of hydrogen-bond acceptors (Lipinski definition) is 4. The summed E-state index contributed by atoms with van der Waals surface area (Å²) in [5.74, 6) is 0.615. The van der Waals surface area contributed by atoms with Gasteiger partial charge in [0.15, 0.2) is 5.58 Å². The van der Waals surface area contributed by atoms with Crippen molar-refractivity contribution in [3.05, 3.63) is 34.6 Å². The highest BCUT2D eigenvalue weighted by atomic mass is 16.3. The standard InChI is InChI=1S/C17H22N4O3/c1-4-6-8-19(3)16(22)11-20-17(23)13-10-14-12(7-9-24-14)21(13)15(5-2)18-20/h7,9-10H,4-6,8,11H2,1-3H3. The zero-order valence-corrected chi connectivity index (χ0v) is 14.3. The molecule has 24 heavy (non-hydrogen) atoms. The van der Waals surface area contributed by atoms with E-state index in [1.165, 1.54) is 4.68 Å². The van der Waals surface area contributed by atoms with Crippen molar-refractivity contribution in [2.45, 2.75) is 39.7 Å². The van der Waals surface area contributed by atoms with Gasteiger partial charge >= 0.3 is 0 Å². The minimum absolute atomic E-state index is 0.0465. The van der Waals surface area contributed by atoms with Gasteiger partial charge in [0.1, 0.15) is 17.9 Å². The molecule has 0 aromatic carbocycles. The van der Waals surface area contributed by atoms with Crippen LogP contribution in [0.2, 0.25) is 0 Å². The Labute approximate surface area is 139 Å². The number of hydrogen-bond donors (Lipinski definition) is 0. The number of likely N-dealkylation sites (N-methyl/N-ethyl adjacent to an activating group) is 1. The van der Waals surface area contributed by atoms with Gasteiger partial charge in [0.05, 0.1) is 11.8 Å². The van der Waals surface area contributed by atoms with E-state index in [9.17, 15) is 9.59 Å². The third-order valence-electron chi connectivity index (χ3n) is 4.24. The van der Waals surface area contributed by atoms with Crippen molar-refractivity contribution in [2.24, 2.45) is 0 Å². The second kappa shape index (κ2) is 6.51. The Hall–Kier alpha value is -2.57. The highest BCUT2D eigenvalue weighted by Gasteiger charge is 2.17. The minimum Gasteiger partial charge on any atom is -0.463 e. The van der Waals surface area contributed by atoms with Gasteiger partial charge < -0.3 is 9.32 Å². The Balaban J connectivity index is 2.01. The number of nitrogens with zero attached hydrogens (tertiary/aromatic N) is 4. The molecule has 0 saturated carbocycles. The monoisotopic (exact) mass is 330 g/mol. The van der Waals surface area contributed by atoms with Crippen LogP contribution in [0.15, 0.2) is 27.6 Å². The van der Waals surface area contributed by atoms with Crippen LogP contribution in [0.3, 0.4) is 0 Å². The van der Waals surface area contributed by atoms with E-state index in [1.54, 1.807) is 24.3 Å². The molecule has 7 nitrogen and oxygen atoms in total. The van der Waals surface area contributed by atoms with E-state index in [4.69, 9.17) is 4.42 Å². The van der Waals surface area contributed by atoms with Crippen LogP contribution in [-0.2, 0) is 17.8 Å². The van der Waals surface area contributed by atoms with Crippen LogP contribution in [0.1, 0.15) is 32.5 Å². The van der Waals surface area contributed by atoms with Crippen molar-refractivity contribution < 1.29 is 9.21 Å². The third kappa shape index (κ3) is 2.70. The van der Waals surface area contributed by atoms with E-state index in [2.05, 4.69) is 12.0 Å². The predicted molar refractivity (Wildman–Crippen MR) is 91.1 cm³/mol. The van der Waals surface area contributed by atoms with E-state index in [1.807, 2.05) is 17.4 Å². The number of amides is 1. The summed E-state index contributed by atoms with van der Waals surface area (Å²) in [6, 6.07) is 3.52. The van der Waals surface area contributed by atoms with Gasteiger partial charge in [-0.25, -0.2) is 4.68 Å². The molecule has 3 aromatic rings. The number of fused-ring (bicyclic) bond motifs is 3. The Kier molecular flexibility index (Phi) is 4.42. The maximum Gasteiger partial charge on any atom is 0.291 e. The molecule has 0 bridgehead atoms. The Bertz CT molecular complexity index is 935. The smallest absolute Gasteiger partial charge is 0.291 e. The summed E-state index contributed by atoms with van der Waals surface area (Å²) >= 11 is 0. The van der Waals surface area contributed by atoms with Crippen LogP contribution < -0.4 is 5.56 Å². The number of carbonyl (C=O) groups is 1. The van der Waals surface area contributed by atoms with Crippen LogP contribution >= 0.6 is 0 Å². The van der Waals surface area contributed by atoms with Gasteiger partial charge in [-0.05, 0) is 6.42 Å². The van der Waals surface area contributed by atoms with Crippen LogP contribution in [0.25, 0.3) is 16.6 Å². The van der Waals surface area contributed by atoms with Gasteiger partial charge in [-0.15, -0.1) is 0 Å². The molecule has 3 heterocycles. The lowest BCUT2D eigenvalue weighted by Gasteiger charge is -2.17. The summed E-state index contributed by atoms with van der Waals surface area (Å²) in [5, 5.41) is 4.40. The quantitative estimate of drug-likeness (QED) is 0.693. The lowest BCUT2D eigenvalue weighted by molar-refractivity contribution is -0.130. The number of unbranched alkanes of at least 4 members (excludes halogenated alkanes) is 1. The number of furan rings is 1. The molecular formula is C17H22N4O3. The molecule has 1 amide bonds. The Morgan fingerprint density at radius 1 is 1.33 bits per heavy atom. The van der Waals surface area contributed by atoms with Gasteiger partial charge in [0.25, 0.3) is 5.56 Å². The summed E-state index contributed by atoms with van der Waals surface area (Å²) in [7, 11) is 1.76. The van der Waals surface area contributed by atoms with E-state index < -0.39 is 0 Å². The zero-order chi connectivity index (χ0) is 17.3. The molecule has 0 N–H and O–H groups in total. The summed E-state index contributed by atoms with van der Waals surface area (Å²) in [4.78, 5) is 26.7. The highest BCUT2D eigenvalue weighted by Crippen LogP contribution is 2.20. The fraction of sp³-hybridized carbons (Fsp3) is 0.471. The molecule has 128 valence electrons. The summed E-state index contributed by atoms with van der Waals surface area (Å²) in [5.41, 5.74) is 1.67. The maximum atomic E-state index is 12.7. The molecule has 0 spiro atoms. The molecule has 0 fully saturated rings.